The third-order valence-corrected chi connectivity index (χ3v) is 3.92. The second-order valence-electron chi connectivity index (χ2n) is 4.48. The molecule has 4 N–H and O–H groups in total. The predicted octanol–water partition coefficient (Wildman–Crippen LogP) is 3.63. The third kappa shape index (κ3) is 5.02. The summed E-state index contributed by atoms with van der Waals surface area (Å²) in [5.41, 5.74) is 7.52. The van der Waals surface area contributed by atoms with Gasteiger partial charge in [-0.05, 0) is 48.5 Å². The zero-order valence-corrected chi connectivity index (χ0v) is 14.2. The van der Waals surface area contributed by atoms with Gasteiger partial charge in [0.05, 0.1) is 6.54 Å². The van der Waals surface area contributed by atoms with Crippen LogP contribution >= 0.6 is 36.6 Å². The van der Waals surface area contributed by atoms with E-state index < -0.39 is 0 Å². The summed E-state index contributed by atoms with van der Waals surface area (Å²) in [5.74, 6) is 0.851. The Hall–Kier alpha value is -1.56. The summed E-state index contributed by atoms with van der Waals surface area (Å²) in [6.07, 6.45) is 0. The van der Waals surface area contributed by atoms with Crippen molar-refractivity contribution < 1.29 is 0 Å². The van der Waals surface area contributed by atoms with Gasteiger partial charge in [-0.3, -0.25) is 4.99 Å². The molecule has 22 heavy (non-hydrogen) atoms. The average Bonchev–Trinajstić information content (AvgIpc) is 2.96. The number of guanidine groups is 1. The number of benzene rings is 2. The lowest BCUT2D eigenvalue weighted by molar-refractivity contribution is 0.959. The van der Waals surface area contributed by atoms with Crippen molar-refractivity contribution in [1.29, 1.82) is 0 Å². The molecular weight excluding hydrogens is 339 g/mol. The summed E-state index contributed by atoms with van der Waals surface area (Å²) in [7, 11) is 0. The highest BCUT2D eigenvalue weighted by atomic mass is 35.5. The summed E-state index contributed by atoms with van der Waals surface area (Å²) in [6, 6.07) is 16.2. The number of nitrogens with one attached hydrogen (secondary N) is 2. The van der Waals surface area contributed by atoms with Crippen LogP contribution in [0.25, 0.3) is 0 Å². The molecule has 0 bridgehead atoms. The van der Waals surface area contributed by atoms with Crippen molar-refractivity contribution >= 4 is 53.9 Å². The van der Waals surface area contributed by atoms with E-state index in [1.807, 2.05) is 24.3 Å². The lowest BCUT2D eigenvalue weighted by atomic mass is 10.3. The summed E-state index contributed by atoms with van der Waals surface area (Å²) < 4.78 is 0. The monoisotopic (exact) mass is 356 g/mol. The fourth-order valence-corrected chi connectivity index (χ4v) is 2.71. The number of nitrogens with zero attached hydrogens (tertiary/aromatic N) is 1. The SMILES string of the molecule is Cl.Cl.Nc1ccc(Sc2ccc(NC3=NCCN3)cc2)cc1. The normalized spacial score (nSPS) is 12.5. The fourth-order valence-electron chi connectivity index (χ4n) is 1.90. The van der Waals surface area contributed by atoms with Gasteiger partial charge in [0.25, 0.3) is 0 Å². The van der Waals surface area contributed by atoms with E-state index in [1.165, 1.54) is 9.79 Å². The number of halogens is 2. The van der Waals surface area contributed by atoms with E-state index in [9.17, 15) is 0 Å². The van der Waals surface area contributed by atoms with Crippen LogP contribution in [0, 0.1) is 0 Å². The zero-order chi connectivity index (χ0) is 13.8. The van der Waals surface area contributed by atoms with Gasteiger partial charge in [-0.1, -0.05) is 11.8 Å². The molecule has 0 spiro atoms. The number of hydrogen-bond acceptors (Lipinski definition) is 5. The number of rotatable bonds is 3. The van der Waals surface area contributed by atoms with E-state index in [-0.39, 0.29) is 24.8 Å². The molecule has 3 rings (SSSR count). The molecule has 2 aromatic rings. The Morgan fingerprint density at radius 3 is 2.09 bits per heavy atom. The van der Waals surface area contributed by atoms with Crippen LogP contribution < -0.4 is 16.4 Å². The zero-order valence-electron chi connectivity index (χ0n) is 11.8. The molecule has 0 fully saturated rings. The molecule has 0 aliphatic carbocycles. The molecule has 4 nitrogen and oxygen atoms in total. The summed E-state index contributed by atoms with van der Waals surface area (Å²) in [5, 5.41) is 6.44. The molecule has 1 aliphatic rings. The third-order valence-electron chi connectivity index (χ3n) is 2.91. The first-order valence-corrected chi connectivity index (χ1v) is 7.30. The van der Waals surface area contributed by atoms with Crippen LogP contribution in [0.2, 0.25) is 0 Å². The van der Waals surface area contributed by atoms with Crippen LogP contribution in [0.3, 0.4) is 0 Å². The Morgan fingerprint density at radius 2 is 1.55 bits per heavy atom. The van der Waals surface area contributed by atoms with E-state index in [2.05, 4.69) is 39.9 Å². The molecule has 1 heterocycles. The maximum atomic E-state index is 5.68. The first kappa shape index (κ1) is 18.5. The number of nitrogen functional groups attached to an aromatic ring is 1. The van der Waals surface area contributed by atoms with Gasteiger partial charge in [-0.15, -0.1) is 24.8 Å². The average molecular weight is 357 g/mol. The highest BCUT2D eigenvalue weighted by molar-refractivity contribution is 7.99. The van der Waals surface area contributed by atoms with Crippen molar-refractivity contribution in [3.05, 3.63) is 48.5 Å². The van der Waals surface area contributed by atoms with E-state index >= 15 is 0 Å². The van der Waals surface area contributed by atoms with Crippen LogP contribution in [0.5, 0.6) is 0 Å². The van der Waals surface area contributed by atoms with Gasteiger partial charge in [-0.2, -0.15) is 0 Å². The molecule has 0 amide bonds. The molecule has 7 heteroatoms. The Balaban J connectivity index is 0.00000121. The van der Waals surface area contributed by atoms with Crippen LogP contribution in [-0.4, -0.2) is 19.0 Å². The van der Waals surface area contributed by atoms with Gasteiger partial charge >= 0.3 is 0 Å². The molecule has 0 saturated carbocycles. The molecule has 2 aromatic carbocycles. The van der Waals surface area contributed by atoms with Crippen molar-refractivity contribution in [2.24, 2.45) is 4.99 Å². The summed E-state index contributed by atoms with van der Waals surface area (Å²) in [6.45, 7) is 1.75. The van der Waals surface area contributed by atoms with Gasteiger partial charge in [-0.25, -0.2) is 0 Å². The van der Waals surface area contributed by atoms with Crippen molar-refractivity contribution in [3.63, 3.8) is 0 Å². The van der Waals surface area contributed by atoms with Gasteiger partial charge < -0.3 is 16.4 Å². The summed E-state index contributed by atoms with van der Waals surface area (Å²) >= 11 is 1.72. The van der Waals surface area contributed by atoms with E-state index in [1.54, 1.807) is 11.8 Å². The van der Waals surface area contributed by atoms with Crippen molar-refractivity contribution in [2.45, 2.75) is 9.79 Å². The quantitative estimate of drug-likeness (QED) is 0.734. The van der Waals surface area contributed by atoms with Crippen molar-refractivity contribution in [3.8, 4) is 0 Å². The van der Waals surface area contributed by atoms with Gasteiger partial charge in [0, 0.05) is 27.7 Å². The smallest absolute Gasteiger partial charge is 0.195 e. The molecule has 0 unspecified atom stereocenters. The second kappa shape index (κ2) is 8.78. The number of hydrogen-bond donors (Lipinski definition) is 3. The highest BCUT2D eigenvalue weighted by Gasteiger charge is 2.04. The minimum absolute atomic E-state index is 0. The van der Waals surface area contributed by atoms with Crippen molar-refractivity contribution in [2.75, 3.05) is 24.1 Å². The topological polar surface area (TPSA) is 62.4 Å². The van der Waals surface area contributed by atoms with Crippen LogP contribution in [0.4, 0.5) is 11.4 Å². The first-order valence-electron chi connectivity index (χ1n) is 6.48. The lowest BCUT2D eigenvalue weighted by Crippen LogP contribution is -2.26. The lowest BCUT2D eigenvalue weighted by Gasteiger charge is -2.07. The molecule has 0 radical (unpaired) electrons. The molecule has 0 atom stereocenters. The van der Waals surface area contributed by atoms with Gasteiger partial charge in [0.15, 0.2) is 5.96 Å². The molecule has 118 valence electrons. The maximum Gasteiger partial charge on any atom is 0.195 e. The van der Waals surface area contributed by atoms with E-state index in [4.69, 9.17) is 5.73 Å². The number of anilines is 2. The minimum Gasteiger partial charge on any atom is -0.399 e. The van der Waals surface area contributed by atoms with Crippen LogP contribution in [0.1, 0.15) is 0 Å². The largest absolute Gasteiger partial charge is 0.399 e. The molecular formula is C15H18Cl2N4S. The standard InChI is InChI=1S/C15H16N4S.2ClH/c16-11-1-5-13(6-2-11)20-14-7-3-12(4-8-14)19-15-17-9-10-18-15;;/h1-8H,9-10,16H2,(H2,17,18,19);2*1H. The highest BCUT2D eigenvalue weighted by Crippen LogP contribution is 2.28. The molecule has 1 aliphatic heterocycles. The van der Waals surface area contributed by atoms with Crippen LogP contribution in [0.15, 0.2) is 63.3 Å². The minimum atomic E-state index is 0. The Labute approximate surface area is 146 Å². The van der Waals surface area contributed by atoms with Crippen LogP contribution in [-0.2, 0) is 0 Å². The first-order chi connectivity index (χ1) is 9.79. The van der Waals surface area contributed by atoms with E-state index in [0.717, 1.165) is 30.4 Å². The maximum absolute atomic E-state index is 5.68. The molecule has 0 aromatic heterocycles. The number of aliphatic imine (C=N–C) groups is 1. The Bertz CT molecular complexity index is 614. The van der Waals surface area contributed by atoms with Crippen molar-refractivity contribution in [1.82, 2.24) is 5.32 Å². The number of nitrogens with two attached hydrogens (primary N) is 1. The summed E-state index contributed by atoms with van der Waals surface area (Å²) in [4.78, 5) is 6.68. The molecule has 0 saturated heterocycles. The van der Waals surface area contributed by atoms with E-state index in [0.29, 0.717) is 0 Å². The Morgan fingerprint density at radius 1 is 0.955 bits per heavy atom. The predicted molar refractivity (Wildman–Crippen MR) is 99.8 cm³/mol. The van der Waals surface area contributed by atoms with Gasteiger partial charge in [0.2, 0.25) is 0 Å². The van der Waals surface area contributed by atoms with Gasteiger partial charge in [0.1, 0.15) is 0 Å². The fraction of sp³-hybridized carbons (Fsp3) is 0.133. The Kier molecular flexibility index (Phi) is 7.38. The second-order valence-corrected chi connectivity index (χ2v) is 5.62.